The molecule has 4 heteroatoms. The lowest BCUT2D eigenvalue weighted by molar-refractivity contribution is -0.115. The van der Waals surface area contributed by atoms with E-state index in [9.17, 15) is 15.0 Å². The van der Waals surface area contributed by atoms with Crippen LogP contribution in [-0.2, 0) is 4.79 Å². The van der Waals surface area contributed by atoms with Crippen LogP contribution in [-0.4, -0.2) is 29.2 Å². The van der Waals surface area contributed by atoms with Crippen molar-refractivity contribution in [3.05, 3.63) is 41.5 Å². The van der Waals surface area contributed by atoms with Crippen LogP contribution in [0, 0.1) is 52.3 Å². The third kappa shape index (κ3) is 5.99. The number of allylic oxidation sites excluding steroid dienone is 2. The third-order valence-corrected chi connectivity index (χ3v) is 13.1. The highest BCUT2D eigenvalue weighted by Crippen LogP contribution is 2.67. The van der Waals surface area contributed by atoms with Gasteiger partial charge in [0, 0.05) is 6.42 Å². The number of carbonyl (C=O) groups is 1. The number of phenols is 1. The van der Waals surface area contributed by atoms with E-state index in [0.717, 1.165) is 48.0 Å². The number of benzene rings is 1. The van der Waals surface area contributed by atoms with E-state index in [0.29, 0.717) is 34.8 Å². The summed E-state index contributed by atoms with van der Waals surface area (Å²) >= 11 is 0. The molecule has 0 radical (unpaired) electrons. The molecule has 4 nitrogen and oxygen atoms in total. The van der Waals surface area contributed by atoms with Gasteiger partial charge >= 0.3 is 0 Å². The Morgan fingerprint density at radius 2 is 1.83 bits per heavy atom. The predicted molar refractivity (Wildman–Crippen MR) is 171 cm³/mol. The Labute approximate surface area is 255 Å². The quantitative estimate of drug-likeness (QED) is 0.215. The van der Waals surface area contributed by atoms with Crippen molar-refractivity contribution in [1.82, 2.24) is 0 Å². The number of methoxy groups -OCH3 is 1. The summed E-state index contributed by atoms with van der Waals surface area (Å²) in [5, 5.41) is 20.1. The van der Waals surface area contributed by atoms with Crippen molar-refractivity contribution < 1.29 is 19.7 Å². The van der Waals surface area contributed by atoms with Crippen LogP contribution in [0.15, 0.2) is 35.9 Å². The summed E-state index contributed by atoms with van der Waals surface area (Å²) in [5.41, 5.74) is 3.21. The molecule has 0 heterocycles. The molecule has 1 aromatic rings. The number of fused-ring (bicyclic) bond motifs is 5. The standard InChI is InChI=1S/C38H56O4/c1-24(26(3)21-29(39)12-9-27-10-16-35(41)36(22-27)42-6)7-8-25(2)32-14-15-33-31-13-11-28-23-30(40)17-19-37(28,4)34(31)18-20-38(32,33)5/h9-12,16,22,24-26,30-34,40-41H,7-8,13-15,17-21,23H2,1-6H3/b12-9+/t24?,25-,26?,30+,31+,32-,33+,34+,37+,38-/m1/s1. The Bertz CT molecular complexity index is 1180. The van der Waals surface area contributed by atoms with Crippen molar-refractivity contribution in [2.24, 2.45) is 52.3 Å². The Balaban J connectivity index is 1.13. The molecule has 0 saturated heterocycles. The normalized spacial score (nSPS) is 36.4. The zero-order chi connectivity index (χ0) is 30.2. The summed E-state index contributed by atoms with van der Waals surface area (Å²) in [6.07, 6.45) is 18.7. The van der Waals surface area contributed by atoms with Gasteiger partial charge in [-0.05, 0) is 127 Å². The lowest BCUT2D eigenvalue weighted by Gasteiger charge is -2.58. The molecule has 3 saturated carbocycles. The van der Waals surface area contributed by atoms with Crippen LogP contribution < -0.4 is 4.74 Å². The Kier molecular flexibility index (Phi) is 9.33. The molecule has 1 aromatic carbocycles. The second-order valence-corrected chi connectivity index (χ2v) is 15.3. The number of ketones is 1. The zero-order valence-corrected chi connectivity index (χ0v) is 27.1. The van der Waals surface area contributed by atoms with Gasteiger partial charge < -0.3 is 14.9 Å². The molecule has 0 bridgehead atoms. The first-order chi connectivity index (χ1) is 20.0. The van der Waals surface area contributed by atoms with E-state index in [1.165, 1.54) is 58.5 Å². The van der Waals surface area contributed by atoms with Crippen molar-refractivity contribution in [3.8, 4) is 11.5 Å². The molecule has 232 valence electrons. The van der Waals surface area contributed by atoms with Crippen LogP contribution in [0.2, 0.25) is 0 Å². The van der Waals surface area contributed by atoms with Crippen molar-refractivity contribution in [2.75, 3.05) is 7.11 Å². The van der Waals surface area contributed by atoms with Gasteiger partial charge in [0.25, 0.3) is 0 Å². The van der Waals surface area contributed by atoms with E-state index < -0.39 is 0 Å². The maximum atomic E-state index is 12.8. The van der Waals surface area contributed by atoms with Crippen LogP contribution in [0.1, 0.15) is 111 Å². The van der Waals surface area contributed by atoms with Gasteiger partial charge in [-0.15, -0.1) is 0 Å². The molecule has 10 atom stereocenters. The number of aromatic hydroxyl groups is 1. The first kappa shape index (κ1) is 31.4. The van der Waals surface area contributed by atoms with Crippen LogP contribution in [0.4, 0.5) is 0 Å². The fourth-order valence-electron chi connectivity index (χ4n) is 10.2. The van der Waals surface area contributed by atoms with Gasteiger partial charge in [-0.2, -0.15) is 0 Å². The van der Waals surface area contributed by atoms with Crippen LogP contribution >= 0.6 is 0 Å². The SMILES string of the molecule is COc1cc(/C=C/C(=O)CC(C)C(C)CC[C@@H](C)[C@H]2CC[C@H]3[C@@H]4CC=C5C[C@@H](O)CC[C@]5(C)[C@H]4CC[C@]23C)ccc1O. The van der Waals surface area contributed by atoms with Crippen LogP contribution in [0.5, 0.6) is 11.5 Å². The van der Waals surface area contributed by atoms with Gasteiger partial charge in [0.1, 0.15) is 0 Å². The molecule has 42 heavy (non-hydrogen) atoms. The molecular formula is C38H56O4. The highest BCUT2D eigenvalue weighted by atomic mass is 16.5. The first-order valence-corrected chi connectivity index (χ1v) is 16.9. The van der Waals surface area contributed by atoms with Crippen molar-refractivity contribution in [2.45, 2.75) is 111 Å². The van der Waals surface area contributed by atoms with Crippen LogP contribution in [0.3, 0.4) is 0 Å². The summed E-state index contributed by atoms with van der Waals surface area (Å²) in [6.45, 7) is 12.3. The monoisotopic (exact) mass is 576 g/mol. The van der Waals surface area contributed by atoms with Gasteiger partial charge in [0.15, 0.2) is 17.3 Å². The highest BCUT2D eigenvalue weighted by molar-refractivity contribution is 5.93. The van der Waals surface area contributed by atoms with Crippen molar-refractivity contribution >= 4 is 11.9 Å². The summed E-state index contributed by atoms with van der Waals surface area (Å²) in [6, 6.07) is 5.13. The summed E-state index contributed by atoms with van der Waals surface area (Å²) < 4.78 is 5.18. The largest absolute Gasteiger partial charge is 0.504 e. The molecule has 3 fully saturated rings. The molecule has 0 aromatic heterocycles. The van der Waals surface area contributed by atoms with Gasteiger partial charge in [-0.1, -0.05) is 71.3 Å². The van der Waals surface area contributed by atoms with E-state index in [4.69, 9.17) is 4.74 Å². The number of hydrogen-bond acceptors (Lipinski definition) is 4. The second kappa shape index (κ2) is 12.5. The zero-order valence-electron chi connectivity index (χ0n) is 27.1. The van der Waals surface area contributed by atoms with E-state index in [-0.39, 0.29) is 17.6 Å². The van der Waals surface area contributed by atoms with E-state index >= 15 is 0 Å². The Morgan fingerprint density at radius 1 is 1.05 bits per heavy atom. The van der Waals surface area contributed by atoms with Gasteiger partial charge in [-0.3, -0.25) is 4.79 Å². The molecule has 0 spiro atoms. The van der Waals surface area contributed by atoms with Gasteiger partial charge in [0.2, 0.25) is 0 Å². The van der Waals surface area contributed by atoms with E-state index in [1.807, 2.05) is 6.08 Å². The number of carbonyl (C=O) groups excluding carboxylic acids is 1. The first-order valence-electron chi connectivity index (χ1n) is 16.9. The third-order valence-electron chi connectivity index (χ3n) is 13.1. The average molecular weight is 577 g/mol. The van der Waals surface area contributed by atoms with Gasteiger partial charge in [-0.25, -0.2) is 0 Å². The lowest BCUT2D eigenvalue weighted by Crippen LogP contribution is -2.50. The summed E-state index contributed by atoms with van der Waals surface area (Å²) in [7, 11) is 1.53. The molecule has 4 aliphatic rings. The fourth-order valence-corrected chi connectivity index (χ4v) is 10.2. The highest BCUT2D eigenvalue weighted by Gasteiger charge is 2.59. The summed E-state index contributed by atoms with van der Waals surface area (Å²) in [5.74, 6) is 5.55. The van der Waals surface area contributed by atoms with E-state index in [2.05, 4.69) is 40.7 Å². The predicted octanol–water partition coefficient (Wildman–Crippen LogP) is 9.00. The number of aliphatic hydroxyl groups is 1. The Morgan fingerprint density at radius 3 is 2.60 bits per heavy atom. The van der Waals surface area contributed by atoms with Crippen molar-refractivity contribution in [1.29, 1.82) is 0 Å². The molecular weight excluding hydrogens is 520 g/mol. The maximum absolute atomic E-state index is 12.8. The van der Waals surface area contributed by atoms with Gasteiger partial charge in [0.05, 0.1) is 13.2 Å². The Hall–Kier alpha value is -2.07. The molecule has 0 amide bonds. The molecule has 0 aliphatic heterocycles. The van der Waals surface area contributed by atoms with E-state index in [1.54, 1.807) is 29.8 Å². The fraction of sp³-hybridized carbons (Fsp3) is 0.711. The number of hydrogen-bond donors (Lipinski definition) is 2. The topological polar surface area (TPSA) is 66.8 Å². The molecule has 2 unspecified atom stereocenters. The number of aliphatic hydroxyl groups excluding tert-OH is 1. The minimum absolute atomic E-state index is 0.104. The van der Waals surface area contributed by atoms with Crippen LogP contribution in [0.25, 0.3) is 6.08 Å². The molecule has 5 rings (SSSR count). The molecule has 2 N–H and O–H groups in total. The van der Waals surface area contributed by atoms with Crippen molar-refractivity contribution in [3.63, 3.8) is 0 Å². The number of phenolic OH excluding ortho intramolecular Hbond substituents is 1. The number of ether oxygens (including phenoxy) is 1. The minimum Gasteiger partial charge on any atom is -0.504 e. The maximum Gasteiger partial charge on any atom is 0.161 e. The molecule has 4 aliphatic carbocycles. The summed E-state index contributed by atoms with van der Waals surface area (Å²) in [4.78, 5) is 12.8. The second-order valence-electron chi connectivity index (χ2n) is 15.3. The average Bonchev–Trinajstić information content (AvgIpc) is 3.33. The number of rotatable bonds is 10. The minimum atomic E-state index is -0.124. The smallest absolute Gasteiger partial charge is 0.161 e. The lowest BCUT2D eigenvalue weighted by atomic mass is 9.47.